The summed E-state index contributed by atoms with van der Waals surface area (Å²) in [7, 11) is 7.95. The van der Waals surface area contributed by atoms with Crippen LogP contribution < -0.4 is 27.0 Å². The number of fused-ring (bicyclic) bond motifs is 1. The lowest BCUT2D eigenvalue weighted by molar-refractivity contribution is -0.147. The number of imide groups is 1. The number of alkyl halides is 2. The minimum absolute atomic E-state index is 0.136. The molecule has 2 aliphatic rings. The van der Waals surface area contributed by atoms with Crippen LogP contribution in [-0.4, -0.2) is 73.8 Å². The maximum atomic E-state index is 15.4. The first-order chi connectivity index (χ1) is 17.1. The number of benzene rings is 2. The Bertz CT molecular complexity index is 1370. The molecule has 1 saturated heterocycles. The topological polar surface area (TPSA) is 95.6 Å². The highest BCUT2D eigenvalue weighted by Gasteiger charge is 2.45. The zero-order chi connectivity index (χ0) is 27.4. The molecule has 4 amide bonds. The summed E-state index contributed by atoms with van der Waals surface area (Å²) < 4.78 is 30.7. The van der Waals surface area contributed by atoms with Crippen molar-refractivity contribution in [3.05, 3.63) is 51.5 Å². The van der Waals surface area contributed by atoms with Gasteiger partial charge in [0.1, 0.15) is 45.3 Å². The molecule has 0 bridgehead atoms. The van der Waals surface area contributed by atoms with Gasteiger partial charge < -0.3 is 10.2 Å². The van der Waals surface area contributed by atoms with Gasteiger partial charge in [-0.3, -0.25) is 24.5 Å². The van der Waals surface area contributed by atoms with Crippen LogP contribution in [0.2, 0.25) is 5.02 Å². The smallest absolute Gasteiger partial charge is 0.349 e. The Morgan fingerprint density at radius 3 is 2.43 bits per heavy atom. The normalized spacial score (nSPS) is 18.0. The predicted octanol–water partition coefficient (Wildman–Crippen LogP) is -4.84. The summed E-state index contributed by atoms with van der Waals surface area (Å²) in [6.45, 7) is 0.136. The van der Waals surface area contributed by atoms with Crippen LogP contribution in [0, 0.1) is 0 Å². The van der Waals surface area contributed by atoms with Gasteiger partial charge in [0.15, 0.2) is 0 Å². The third kappa shape index (κ3) is 4.71. The molecular weight excluding hydrogens is 498 g/mol. The number of hydrogen-bond acceptors (Lipinski definition) is 4. The quantitative estimate of drug-likeness (QED) is 0.305. The van der Waals surface area contributed by atoms with E-state index in [1.165, 1.54) is 18.8 Å². The number of amides is 4. The predicted molar refractivity (Wildman–Crippen MR) is 149 cm³/mol. The Kier molecular flexibility index (Phi) is 6.86. The van der Waals surface area contributed by atoms with Crippen molar-refractivity contribution >= 4 is 90.8 Å². The molecular formula is C22H23B5ClF2N3O4. The van der Waals surface area contributed by atoms with Crippen LogP contribution in [0.5, 0.6) is 0 Å². The lowest BCUT2D eigenvalue weighted by Crippen LogP contribution is -2.53. The molecule has 186 valence electrons. The molecule has 4 rings (SSSR count). The van der Waals surface area contributed by atoms with E-state index in [1.807, 2.05) is 0 Å². The zero-order valence-electron chi connectivity index (χ0n) is 21.2. The SMILES string of the molecule is Bc1cc(C(F)(F)C(=O)NC(B)(B)c2ccc3c(c2)CN(C2CCC(=O)NC2=O)C3=O)c(B)c(B)c1Cl. The number of halogens is 3. The second-order valence-corrected chi connectivity index (χ2v) is 10.6. The lowest BCUT2D eigenvalue weighted by Gasteiger charge is -2.31. The van der Waals surface area contributed by atoms with E-state index < -0.39 is 34.7 Å². The second kappa shape index (κ2) is 9.38. The van der Waals surface area contributed by atoms with Gasteiger partial charge in [-0.1, -0.05) is 46.2 Å². The fourth-order valence-corrected chi connectivity index (χ4v) is 5.09. The Hall–Kier alpha value is -3.01. The zero-order valence-corrected chi connectivity index (χ0v) is 22.0. The van der Waals surface area contributed by atoms with Gasteiger partial charge in [-0.15, -0.1) is 0 Å². The fraction of sp³-hybridized carbons (Fsp3) is 0.273. The molecule has 0 spiro atoms. The number of piperidine rings is 1. The molecule has 1 unspecified atom stereocenters. The lowest BCUT2D eigenvalue weighted by atomic mass is 9.57. The molecule has 37 heavy (non-hydrogen) atoms. The van der Waals surface area contributed by atoms with Crippen LogP contribution in [0.25, 0.3) is 0 Å². The number of nitrogens with zero attached hydrogens (tertiary/aromatic N) is 1. The first-order valence-corrected chi connectivity index (χ1v) is 12.3. The standard InChI is InChI=1S/C22H23B5ClF2N3O4/c23-12-6-11(15(24)16(25)17(12)28)21(29,30)20(37)32-22(26,27)9-1-2-10-8(5-9)7-33(19(10)36)13-3-4-14(34)31-18(13)35/h1-2,5-6,13H,3-4,7,23-27H2,(H,32,37)(H,31,34,35). The van der Waals surface area contributed by atoms with Gasteiger partial charge in [0, 0.05) is 34.5 Å². The summed E-state index contributed by atoms with van der Waals surface area (Å²) in [5.41, 5.74) is 2.32. The van der Waals surface area contributed by atoms with Gasteiger partial charge in [0.05, 0.1) is 0 Å². The molecule has 7 nitrogen and oxygen atoms in total. The van der Waals surface area contributed by atoms with Crippen LogP contribution >= 0.6 is 11.6 Å². The van der Waals surface area contributed by atoms with Crippen molar-refractivity contribution < 1.29 is 28.0 Å². The Labute approximate surface area is 222 Å². The van der Waals surface area contributed by atoms with Crippen molar-refractivity contribution in [1.29, 1.82) is 0 Å². The van der Waals surface area contributed by atoms with E-state index in [4.69, 9.17) is 11.6 Å². The van der Waals surface area contributed by atoms with Crippen LogP contribution in [0.4, 0.5) is 8.78 Å². The van der Waals surface area contributed by atoms with Gasteiger partial charge in [0.2, 0.25) is 11.8 Å². The average Bonchev–Trinajstić information content (AvgIpc) is 3.15. The molecule has 2 N–H and O–H groups in total. The number of hydrogen-bond donors (Lipinski definition) is 2. The molecule has 1 atom stereocenters. The van der Waals surface area contributed by atoms with E-state index in [9.17, 15) is 19.2 Å². The third-order valence-corrected chi connectivity index (χ3v) is 7.88. The Balaban J connectivity index is 1.57. The van der Waals surface area contributed by atoms with E-state index in [-0.39, 0.29) is 36.7 Å². The summed E-state index contributed by atoms with van der Waals surface area (Å²) in [6.07, 6.45) is 0.373. The van der Waals surface area contributed by atoms with E-state index in [1.54, 1.807) is 49.6 Å². The van der Waals surface area contributed by atoms with Crippen molar-refractivity contribution in [1.82, 2.24) is 15.5 Å². The molecule has 0 radical (unpaired) electrons. The number of rotatable bonds is 5. The van der Waals surface area contributed by atoms with E-state index >= 15 is 8.78 Å². The van der Waals surface area contributed by atoms with Crippen molar-refractivity contribution in [3.8, 4) is 0 Å². The van der Waals surface area contributed by atoms with Crippen LogP contribution in [0.15, 0.2) is 24.3 Å². The first-order valence-electron chi connectivity index (χ1n) is 11.9. The first kappa shape index (κ1) is 27.0. The second-order valence-electron chi connectivity index (χ2n) is 10.2. The van der Waals surface area contributed by atoms with E-state index in [2.05, 4.69) is 10.6 Å². The molecule has 0 aromatic heterocycles. The van der Waals surface area contributed by atoms with Gasteiger partial charge in [-0.25, -0.2) is 0 Å². The highest BCUT2D eigenvalue weighted by molar-refractivity contribution is 6.59. The molecule has 1 fully saturated rings. The monoisotopic (exact) mass is 521 g/mol. The van der Waals surface area contributed by atoms with Gasteiger partial charge in [-0.2, -0.15) is 8.78 Å². The van der Waals surface area contributed by atoms with Crippen molar-refractivity contribution in [2.75, 3.05) is 0 Å². The van der Waals surface area contributed by atoms with Crippen molar-refractivity contribution in [3.63, 3.8) is 0 Å². The fourth-order valence-electron chi connectivity index (χ4n) is 4.90. The summed E-state index contributed by atoms with van der Waals surface area (Å²) in [5, 5.41) is 3.90. The molecule has 0 aliphatic carbocycles. The maximum absolute atomic E-state index is 15.4. The number of nitrogens with one attached hydrogen (secondary N) is 2. The van der Waals surface area contributed by atoms with Gasteiger partial charge in [0.25, 0.3) is 11.8 Å². The van der Waals surface area contributed by atoms with E-state index in [0.717, 1.165) is 0 Å². The largest absolute Gasteiger partial charge is 0.357 e. The van der Waals surface area contributed by atoms with Gasteiger partial charge >= 0.3 is 5.92 Å². The van der Waals surface area contributed by atoms with Crippen LogP contribution in [0.1, 0.15) is 39.9 Å². The van der Waals surface area contributed by atoms with Crippen LogP contribution in [-0.2, 0) is 32.2 Å². The summed E-state index contributed by atoms with van der Waals surface area (Å²) in [6, 6.07) is 5.33. The highest BCUT2D eigenvalue weighted by atomic mass is 35.5. The Morgan fingerprint density at radius 2 is 1.78 bits per heavy atom. The molecule has 2 aliphatic heterocycles. The summed E-state index contributed by atoms with van der Waals surface area (Å²) in [4.78, 5) is 51.0. The van der Waals surface area contributed by atoms with E-state index in [0.29, 0.717) is 32.6 Å². The van der Waals surface area contributed by atoms with Crippen LogP contribution in [0.3, 0.4) is 0 Å². The Morgan fingerprint density at radius 1 is 1.11 bits per heavy atom. The molecule has 2 aromatic carbocycles. The molecule has 15 heteroatoms. The molecule has 2 aromatic rings. The number of carbonyl (C=O) groups is 4. The minimum Gasteiger partial charge on any atom is -0.357 e. The number of carbonyl (C=O) groups excluding carboxylic acids is 4. The average molecular weight is 521 g/mol. The van der Waals surface area contributed by atoms with Gasteiger partial charge in [-0.05, 0) is 23.6 Å². The molecule has 0 saturated carbocycles. The molecule has 2 heterocycles. The highest BCUT2D eigenvalue weighted by Crippen LogP contribution is 2.31. The third-order valence-electron chi connectivity index (χ3n) is 7.30. The summed E-state index contributed by atoms with van der Waals surface area (Å²) >= 11 is 6.19. The minimum atomic E-state index is -3.81. The summed E-state index contributed by atoms with van der Waals surface area (Å²) in [5.74, 6) is -6.50. The van der Waals surface area contributed by atoms with Crippen molar-refractivity contribution in [2.24, 2.45) is 0 Å². The van der Waals surface area contributed by atoms with Crippen molar-refractivity contribution in [2.45, 2.75) is 36.7 Å². The maximum Gasteiger partial charge on any atom is 0.349 e.